The van der Waals surface area contributed by atoms with Gasteiger partial charge in [-0.25, -0.2) is 0 Å². The van der Waals surface area contributed by atoms with E-state index < -0.39 is 0 Å². The van der Waals surface area contributed by atoms with Crippen molar-refractivity contribution in [1.29, 1.82) is 0 Å². The Hall–Kier alpha value is 0.350. The van der Waals surface area contributed by atoms with Crippen LogP contribution >= 0.6 is 38.9 Å². The third kappa shape index (κ3) is 3.18. The number of aliphatic hydroxyl groups is 1. The average molecular weight is 300 g/mol. The molecule has 1 atom stereocenters. The van der Waals surface area contributed by atoms with Crippen LogP contribution in [-0.2, 0) is 0 Å². The lowest BCUT2D eigenvalue weighted by atomic mass is 10.2. The summed E-state index contributed by atoms with van der Waals surface area (Å²) in [5, 5.41) is 11.8. The van der Waals surface area contributed by atoms with Gasteiger partial charge in [0.05, 0.1) is 12.6 Å². The molecule has 0 fully saturated rings. The fourth-order valence-electron chi connectivity index (χ4n) is 1.07. The van der Waals surface area contributed by atoms with Crippen LogP contribution < -0.4 is 11.1 Å². The van der Waals surface area contributed by atoms with Gasteiger partial charge >= 0.3 is 0 Å². The average Bonchev–Trinajstić information content (AvgIpc) is 2.48. The zero-order chi connectivity index (χ0) is 10.6. The predicted molar refractivity (Wildman–Crippen MR) is 63.9 cm³/mol. The maximum Gasteiger partial charge on any atom is 0.107 e. The number of hydrogen-bond acceptors (Lipinski definition) is 4. The van der Waals surface area contributed by atoms with Crippen molar-refractivity contribution in [1.82, 2.24) is 5.32 Å². The maximum absolute atomic E-state index is 8.68. The van der Waals surface area contributed by atoms with Gasteiger partial charge in [0.2, 0.25) is 0 Å². The van der Waals surface area contributed by atoms with E-state index in [2.05, 4.69) is 21.2 Å². The van der Waals surface area contributed by atoms with E-state index in [-0.39, 0.29) is 12.6 Å². The Morgan fingerprint density at radius 1 is 1.71 bits per heavy atom. The molecule has 0 saturated heterocycles. The Balaban J connectivity index is 2.68. The fraction of sp³-hybridized carbons (Fsp3) is 0.500. The van der Waals surface area contributed by atoms with Gasteiger partial charge in [0.25, 0.3) is 0 Å². The first-order valence-electron chi connectivity index (χ1n) is 4.18. The number of halogens is 2. The van der Waals surface area contributed by atoms with Crippen molar-refractivity contribution in [3.8, 4) is 0 Å². The Morgan fingerprint density at radius 2 is 2.43 bits per heavy atom. The predicted octanol–water partition coefficient (Wildman–Crippen LogP) is 1.75. The van der Waals surface area contributed by atoms with E-state index in [9.17, 15) is 0 Å². The lowest BCUT2D eigenvalue weighted by Crippen LogP contribution is -2.29. The number of rotatable bonds is 5. The van der Waals surface area contributed by atoms with Gasteiger partial charge in [-0.2, -0.15) is 0 Å². The van der Waals surface area contributed by atoms with Crippen LogP contribution in [0.1, 0.15) is 10.9 Å². The van der Waals surface area contributed by atoms with E-state index in [4.69, 9.17) is 22.4 Å². The molecule has 80 valence electrons. The summed E-state index contributed by atoms with van der Waals surface area (Å²) < 4.78 is 1.62. The highest BCUT2D eigenvalue weighted by Crippen LogP contribution is 2.34. The molecular formula is C8H12BrClN2OS. The first-order valence-corrected chi connectivity index (χ1v) is 6.16. The van der Waals surface area contributed by atoms with Gasteiger partial charge < -0.3 is 16.2 Å². The summed E-state index contributed by atoms with van der Waals surface area (Å²) in [5.41, 5.74) is 5.61. The highest BCUT2D eigenvalue weighted by Gasteiger charge is 2.13. The standard InChI is InChI=1S/C8H12BrClN2OS/c9-5-3-7(14-8(5)10)6(4-11)12-1-2-13/h3,6,12-13H,1-2,4,11H2. The van der Waals surface area contributed by atoms with Crippen molar-refractivity contribution in [2.75, 3.05) is 19.7 Å². The molecular weight excluding hydrogens is 288 g/mol. The molecule has 0 aliphatic heterocycles. The molecule has 1 rings (SSSR count). The molecule has 1 aromatic heterocycles. The summed E-state index contributed by atoms with van der Waals surface area (Å²) in [6, 6.07) is 2.02. The van der Waals surface area contributed by atoms with Crippen LogP contribution in [0.3, 0.4) is 0 Å². The highest BCUT2D eigenvalue weighted by molar-refractivity contribution is 9.10. The zero-order valence-corrected chi connectivity index (χ0v) is 10.6. The van der Waals surface area contributed by atoms with Crippen LogP contribution in [0.15, 0.2) is 10.5 Å². The minimum atomic E-state index is 0.0657. The largest absolute Gasteiger partial charge is 0.395 e. The van der Waals surface area contributed by atoms with Crippen LogP contribution in [-0.4, -0.2) is 24.8 Å². The Kier molecular flexibility index (Phi) is 5.36. The minimum absolute atomic E-state index is 0.0657. The zero-order valence-electron chi connectivity index (χ0n) is 7.46. The monoisotopic (exact) mass is 298 g/mol. The van der Waals surface area contributed by atoms with E-state index in [0.717, 1.165) is 13.7 Å². The molecule has 3 nitrogen and oxygen atoms in total. The van der Waals surface area contributed by atoms with Gasteiger partial charge in [0.1, 0.15) is 4.34 Å². The molecule has 0 aliphatic carbocycles. The van der Waals surface area contributed by atoms with Gasteiger partial charge in [-0.1, -0.05) is 11.6 Å². The van der Waals surface area contributed by atoms with Crippen molar-refractivity contribution in [3.05, 3.63) is 19.8 Å². The Morgan fingerprint density at radius 3 is 2.86 bits per heavy atom. The third-order valence-corrected chi connectivity index (χ3v) is 4.33. The van der Waals surface area contributed by atoms with Gasteiger partial charge in [-0.15, -0.1) is 11.3 Å². The fourth-order valence-corrected chi connectivity index (χ4v) is 2.90. The van der Waals surface area contributed by atoms with Crippen LogP contribution in [0, 0.1) is 0 Å². The summed E-state index contributed by atoms with van der Waals surface area (Å²) in [4.78, 5) is 1.08. The number of nitrogens with two attached hydrogens (primary N) is 1. The molecule has 0 radical (unpaired) electrons. The topological polar surface area (TPSA) is 58.3 Å². The first kappa shape index (κ1) is 12.4. The van der Waals surface area contributed by atoms with Crippen molar-refractivity contribution < 1.29 is 5.11 Å². The van der Waals surface area contributed by atoms with E-state index in [1.165, 1.54) is 11.3 Å². The first-order chi connectivity index (χ1) is 6.69. The molecule has 6 heteroatoms. The van der Waals surface area contributed by atoms with Gasteiger partial charge in [-0.05, 0) is 22.0 Å². The molecule has 1 aromatic rings. The SMILES string of the molecule is NCC(NCCO)c1cc(Br)c(Cl)s1. The number of nitrogens with one attached hydrogen (secondary N) is 1. The molecule has 0 amide bonds. The van der Waals surface area contributed by atoms with Crippen LogP contribution in [0.25, 0.3) is 0 Å². The molecule has 14 heavy (non-hydrogen) atoms. The molecule has 0 bridgehead atoms. The summed E-state index contributed by atoms with van der Waals surface area (Å²) in [7, 11) is 0. The number of aliphatic hydroxyl groups excluding tert-OH is 1. The normalized spacial score (nSPS) is 13.1. The lowest BCUT2D eigenvalue weighted by Gasteiger charge is -2.13. The van der Waals surface area contributed by atoms with Crippen molar-refractivity contribution in [3.63, 3.8) is 0 Å². The van der Waals surface area contributed by atoms with Crippen molar-refractivity contribution in [2.24, 2.45) is 5.73 Å². The third-order valence-electron chi connectivity index (χ3n) is 1.75. The highest BCUT2D eigenvalue weighted by atomic mass is 79.9. The van der Waals surface area contributed by atoms with Gasteiger partial charge in [-0.3, -0.25) is 0 Å². The molecule has 0 saturated carbocycles. The Labute approximate surface area is 100 Å². The molecule has 4 N–H and O–H groups in total. The second kappa shape index (κ2) is 6.05. The van der Waals surface area contributed by atoms with Crippen LogP contribution in [0.4, 0.5) is 0 Å². The summed E-state index contributed by atoms with van der Waals surface area (Å²) in [5.74, 6) is 0. The van der Waals surface area contributed by atoms with E-state index >= 15 is 0 Å². The smallest absolute Gasteiger partial charge is 0.107 e. The summed E-state index contributed by atoms with van der Waals surface area (Å²) >= 11 is 10.8. The second-order valence-electron chi connectivity index (χ2n) is 2.74. The second-order valence-corrected chi connectivity index (χ2v) is 5.28. The summed E-state index contributed by atoms with van der Waals surface area (Å²) in [6.45, 7) is 1.13. The van der Waals surface area contributed by atoms with Crippen LogP contribution in [0.5, 0.6) is 0 Å². The van der Waals surface area contributed by atoms with Crippen LogP contribution in [0.2, 0.25) is 4.34 Å². The minimum Gasteiger partial charge on any atom is -0.395 e. The van der Waals surface area contributed by atoms with Gasteiger partial charge in [0, 0.05) is 22.4 Å². The molecule has 1 heterocycles. The molecule has 0 aromatic carbocycles. The number of hydrogen-bond donors (Lipinski definition) is 3. The van der Waals surface area contributed by atoms with Gasteiger partial charge in [0.15, 0.2) is 0 Å². The van der Waals surface area contributed by atoms with E-state index in [0.29, 0.717) is 13.1 Å². The van der Waals surface area contributed by atoms with E-state index in [1.807, 2.05) is 6.07 Å². The lowest BCUT2D eigenvalue weighted by molar-refractivity contribution is 0.285. The Bertz CT molecular complexity index is 275. The number of thiophene rings is 1. The van der Waals surface area contributed by atoms with E-state index in [1.54, 1.807) is 0 Å². The maximum atomic E-state index is 8.68. The summed E-state index contributed by atoms with van der Waals surface area (Å²) in [6.07, 6.45) is 0. The molecule has 0 spiro atoms. The molecule has 1 unspecified atom stereocenters. The van der Waals surface area contributed by atoms with Crippen molar-refractivity contribution >= 4 is 38.9 Å². The molecule has 0 aliphatic rings. The van der Waals surface area contributed by atoms with Crippen molar-refractivity contribution in [2.45, 2.75) is 6.04 Å². The quantitative estimate of drug-likeness (QED) is 0.776.